The number of nitrogens with one attached hydrogen (secondary N) is 2. The molecule has 118 valence electrons. The predicted molar refractivity (Wildman–Crippen MR) is 82.4 cm³/mol. The maximum absolute atomic E-state index is 12.6. The maximum atomic E-state index is 12.6. The summed E-state index contributed by atoms with van der Waals surface area (Å²) in [6.45, 7) is 6.36. The number of H-pyrrole nitrogens is 1. The first-order valence-corrected chi connectivity index (χ1v) is 9.22. The summed E-state index contributed by atoms with van der Waals surface area (Å²) in [5, 5.41) is 3.39. The van der Waals surface area contributed by atoms with Gasteiger partial charge in [0.15, 0.2) is 0 Å². The van der Waals surface area contributed by atoms with E-state index in [1.165, 1.54) is 12.8 Å². The van der Waals surface area contributed by atoms with Crippen molar-refractivity contribution >= 4 is 10.0 Å². The zero-order valence-corrected chi connectivity index (χ0v) is 13.7. The Morgan fingerprint density at radius 3 is 2.62 bits per heavy atom. The molecule has 5 nitrogen and oxygen atoms in total. The lowest BCUT2D eigenvalue weighted by Gasteiger charge is -2.35. The fraction of sp³-hybridized carbons (Fsp3) is 0.733. The molecule has 0 radical (unpaired) electrons. The first-order valence-electron chi connectivity index (χ1n) is 7.78. The molecule has 2 aliphatic rings. The van der Waals surface area contributed by atoms with Gasteiger partial charge in [0.05, 0.1) is 4.90 Å². The maximum Gasteiger partial charge on any atom is 0.244 e. The zero-order chi connectivity index (χ0) is 15.1. The van der Waals surface area contributed by atoms with Gasteiger partial charge in [0.2, 0.25) is 10.0 Å². The van der Waals surface area contributed by atoms with Crippen LogP contribution in [0.1, 0.15) is 45.2 Å². The van der Waals surface area contributed by atoms with Gasteiger partial charge in [-0.15, -0.1) is 0 Å². The smallest absolute Gasteiger partial charge is 0.244 e. The van der Waals surface area contributed by atoms with Crippen molar-refractivity contribution in [3.63, 3.8) is 0 Å². The molecule has 0 unspecified atom stereocenters. The van der Waals surface area contributed by atoms with E-state index in [1.54, 1.807) is 16.6 Å². The Hall–Kier alpha value is -0.850. The van der Waals surface area contributed by atoms with Gasteiger partial charge in [0.1, 0.15) is 0 Å². The van der Waals surface area contributed by atoms with Crippen LogP contribution >= 0.6 is 0 Å². The molecule has 2 fully saturated rings. The van der Waals surface area contributed by atoms with E-state index < -0.39 is 10.0 Å². The summed E-state index contributed by atoms with van der Waals surface area (Å²) in [6, 6.07) is 2.39. The van der Waals surface area contributed by atoms with Crippen molar-refractivity contribution < 1.29 is 8.42 Å². The molecule has 6 heteroatoms. The van der Waals surface area contributed by atoms with Gasteiger partial charge in [-0.2, -0.15) is 4.31 Å². The molecule has 0 aromatic carbocycles. The zero-order valence-electron chi connectivity index (χ0n) is 12.9. The Balaban J connectivity index is 1.66. The molecule has 1 saturated heterocycles. The fourth-order valence-electron chi connectivity index (χ4n) is 2.69. The lowest BCUT2D eigenvalue weighted by Crippen LogP contribution is -2.40. The topological polar surface area (TPSA) is 65.2 Å². The van der Waals surface area contributed by atoms with Crippen molar-refractivity contribution in [1.82, 2.24) is 14.6 Å². The molecule has 2 N–H and O–H groups in total. The first kappa shape index (κ1) is 15.1. The minimum atomic E-state index is -3.34. The highest BCUT2D eigenvalue weighted by atomic mass is 32.2. The van der Waals surface area contributed by atoms with Gasteiger partial charge in [-0.05, 0) is 37.2 Å². The highest BCUT2D eigenvalue weighted by Gasteiger charge is 2.33. The number of piperidine rings is 1. The van der Waals surface area contributed by atoms with Crippen LogP contribution in [0.5, 0.6) is 0 Å². The van der Waals surface area contributed by atoms with E-state index in [4.69, 9.17) is 0 Å². The Morgan fingerprint density at radius 2 is 2.00 bits per heavy atom. The third-order valence-corrected chi connectivity index (χ3v) is 6.46. The lowest BCUT2D eigenvalue weighted by atomic mass is 9.83. The third kappa shape index (κ3) is 3.49. The van der Waals surface area contributed by atoms with Gasteiger partial charge in [-0.1, -0.05) is 13.8 Å². The molecule has 1 aliphatic carbocycles. The SMILES string of the molecule is CC1(C)CCN(S(=O)(=O)c2c[nH]c(CNC3CC3)c2)CC1. The van der Waals surface area contributed by atoms with Gasteiger partial charge in [0, 0.05) is 37.6 Å². The molecule has 1 aromatic heterocycles. The Kier molecular flexibility index (Phi) is 3.88. The summed E-state index contributed by atoms with van der Waals surface area (Å²) in [4.78, 5) is 3.48. The predicted octanol–water partition coefficient (Wildman–Crippen LogP) is 2.08. The van der Waals surface area contributed by atoms with Crippen LogP contribution in [-0.4, -0.2) is 36.8 Å². The normalized spacial score (nSPS) is 23.3. The van der Waals surface area contributed by atoms with Gasteiger partial charge < -0.3 is 10.3 Å². The number of sulfonamides is 1. The van der Waals surface area contributed by atoms with Crippen LogP contribution in [0.15, 0.2) is 17.2 Å². The van der Waals surface area contributed by atoms with Crippen molar-refractivity contribution in [2.45, 2.75) is 57.0 Å². The molecule has 1 aromatic rings. The van der Waals surface area contributed by atoms with Crippen LogP contribution in [0.25, 0.3) is 0 Å². The number of nitrogens with zero attached hydrogens (tertiary/aromatic N) is 1. The average Bonchev–Trinajstić information content (AvgIpc) is 3.12. The summed E-state index contributed by atoms with van der Waals surface area (Å²) >= 11 is 0. The summed E-state index contributed by atoms with van der Waals surface area (Å²) in [5.41, 5.74) is 1.20. The third-order valence-electron chi connectivity index (χ3n) is 4.59. The summed E-state index contributed by atoms with van der Waals surface area (Å²) in [6.07, 6.45) is 5.93. The van der Waals surface area contributed by atoms with E-state index in [9.17, 15) is 8.42 Å². The molecule has 1 aliphatic heterocycles. The van der Waals surface area contributed by atoms with E-state index in [2.05, 4.69) is 24.1 Å². The van der Waals surface area contributed by atoms with Crippen molar-refractivity contribution in [1.29, 1.82) is 0 Å². The molecule has 0 atom stereocenters. The minimum Gasteiger partial charge on any atom is -0.363 e. The molecule has 3 rings (SSSR count). The molecular weight excluding hydrogens is 286 g/mol. The van der Waals surface area contributed by atoms with E-state index in [0.29, 0.717) is 30.6 Å². The second-order valence-corrected chi connectivity index (χ2v) is 9.02. The monoisotopic (exact) mass is 311 g/mol. The van der Waals surface area contributed by atoms with E-state index in [0.717, 1.165) is 18.5 Å². The molecule has 0 amide bonds. The van der Waals surface area contributed by atoms with Gasteiger partial charge in [-0.25, -0.2) is 8.42 Å². The second kappa shape index (κ2) is 5.41. The summed E-state index contributed by atoms with van der Waals surface area (Å²) in [5.74, 6) is 0. The largest absolute Gasteiger partial charge is 0.363 e. The van der Waals surface area contributed by atoms with E-state index in [-0.39, 0.29) is 5.41 Å². The number of aromatic amines is 1. The molecule has 0 spiro atoms. The van der Waals surface area contributed by atoms with Crippen molar-refractivity contribution in [2.24, 2.45) is 5.41 Å². The van der Waals surface area contributed by atoms with Crippen molar-refractivity contribution in [2.75, 3.05) is 13.1 Å². The van der Waals surface area contributed by atoms with Crippen LogP contribution in [0.4, 0.5) is 0 Å². The minimum absolute atomic E-state index is 0.253. The second-order valence-electron chi connectivity index (χ2n) is 7.08. The molecule has 2 heterocycles. The molecule has 1 saturated carbocycles. The number of hydrogen-bond acceptors (Lipinski definition) is 3. The lowest BCUT2D eigenvalue weighted by molar-refractivity contribution is 0.196. The van der Waals surface area contributed by atoms with Gasteiger partial charge in [-0.3, -0.25) is 0 Å². The first-order chi connectivity index (χ1) is 9.87. The average molecular weight is 311 g/mol. The number of aromatic nitrogens is 1. The Labute approximate surface area is 127 Å². The highest BCUT2D eigenvalue weighted by Crippen LogP contribution is 2.32. The fourth-order valence-corrected chi connectivity index (χ4v) is 4.15. The quantitative estimate of drug-likeness (QED) is 0.875. The van der Waals surface area contributed by atoms with Crippen molar-refractivity contribution in [3.05, 3.63) is 18.0 Å². The van der Waals surface area contributed by atoms with Crippen molar-refractivity contribution in [3.8, 4) is 0 Å². The standard InChI is InChI=1S/C15H25N3O2S/c1-15(2)5-7-18(8-6-15)21(19,20)14-9-13(17-11-14)10-16-12-3-4-12/h9,11-12,16-17H,3-8,10H2,1-2H3. The number of rotatable bonds is 5. The Morgan fingerprint density at radius 1 is 1.33 bits per heavy atom. The number of hydrogen-bond donors (Lipinski definition) is 2. The molecule has 21 heavy (non-hydrogen) atoms. The van der Waals surface area contributed by atoms with Crippen LogP contribution in [-0.2, 0) is 16.6 Å². The van der Waals surface area contributed by atoms with Crippen LogP contribution in [0, 0.1) is 5.41 Å². The van der Waals surface area contributed by atoms with E-state index in [1.807, 2.05) is 0 Å². The van der Waals surface area contributed by atoms with E-state index >= 15 is 0 Å². The molecular formula is C15H25N3O2S. The van der Waals surface area contributed by atoms with Crippen LogP contribution in [0.3, 0.4) is 0 Å². The molecule has 0 bridgehead atoms. The highest BCUT2D eigenvalue weighted by molar-refractivity contribution is 7.89. The van der Waals surface area contributed by atoms with Crippen LogP contribution in [0.2, 0.25) is 0 Å². The summed E-state index contributed by atoms with van der Waals surface area (Å²) < 4.78 is 26.9. The van der Waals surface area contributed by atoms with Gasteiger partial charge >= 0.3 is 0 Å². The van der Waals surface area contributed by atoms with Gasteiger partial charge in [0.25, 0.3) is 0 Å². The summed E-state index contributed by atoms with van der Waals surface area (Å²) in [7, 11) is -3.34. The van der Waals surface area contributed by atoms with Crippen LogP contribution < -0.4 is 5.32 Å². The Bertz CT molecular complexity index is 592.